The summed E-state index contributed by atoms with van der Waals surface area (Å²) in [7, 11) is 0. The molecule has 2 nitrogen and oxygen atoms in total. The van der Waals surface area contributed by atoms with Gasteiger partial charge in [0.2, 0.25) is 0 Å². The van der Waals surface area contributed by atoms with E-state index < -0.39 is 0 Å². The topological polar surface area (TPSA) is 29.5 Å². The third-order valence-electron chi connectivity index (χ3n) is 3.70. The molecule has 1 atom stereocenters. The van der Waals surface area contributed by atoms with Gasteiger partial charge in [-0.25, -0.2) is 0 Å². The average Bonchev–Trinajstić information content (AvgIpc) is 2.87. The minimum Gasteiger partial charge on any atom is -0.492 e. The molecule has 1 aromatic heterocycles. The van der Waals surface area contributed by atoms with Gasteiger partial charge in [-0.15, -0.1) is 11.3 Å². The Morgan fingerprint density at radius 3 is 2.89 bits per heavy atom. The van der Waals surface area contributed by atoms with Crippen LogP contribution in [0.2, 0.25) is 0 Å². The van der Waals surface area contributed by atoms with Gasteiger partial charge in [-0.3, -0.25) is 0 Å². The van der Waals surface area contributed by atoms with Crippen LogP contribution in [0.5, 0.6) is 5.75 Å². The van der Waals surface area contributed by atoms with E-state index >= 15 is 0 Å². The second-order valence-corrected chi connectivity index (χ2v) is 6.25. The predicted octanol–water partition coefficient (Wildman–Crippen LogP) is 4.54. The van der Waals surface area contributed by atoms with Crippen molar-refractivity contribution in [3.05, 3.63) is 16.3 Å². The number of thiophene rings is 1. The summed E-state index contributed by atoms with van der Waals surface area (Å²) in [5.74, 6) is 1.68. The van der Waals surface area contributed by atoms with Crippen molar-refractivity contribution in [3.8, 4) is 5.75 Å². The molecule has 1 aliphatic rings. The fourth-order valence-corrected chi connectivity index (χ4v) is 3.42. The van der Waals surface area contributed by atoms with Crippen LogP contribution in [-0.2, 0) is 0 Å². The Morgan fingerprint density at radius 1 is 1.39 bits per heavy atom. The molecule has 0 spiro atoms. The molecule has 0 aliphatic heterocycles. The largest absolute Gasteiger partial charge is 0.492 e. The fraction of sp³-hybridized carbons (Fsp3) is 0.733. The molecule has 0 amide bonds. The smallest absolute Gasteiger partial charge is 0.130 e. The van der Waals surface area contributed by atoms with Gasteiger partial charge in [-0.1, -0.05) is 32.6 Å². The molecule has 2 rings (SSSR count). The maximum Gasteiger partial charge on any atom is 0.130 e. The molecule has 1 N–H and O–H groups in total. The summed E-state index contributed by atoms with van der Waals surface area (Å²) in [5.41, 5.74) is 0. The maximum atomic E-state index is 9.91. The first kappa shape index (κ1) is 13.9. The highest BCUT2D eigenvalue weighted by Crippen LogP contribution is 2.30. The molecule has 3 heteroatoms. The molecule has 1 aliphatic carbocycles. The van der Waals surface area contributed by atoms with Gasteiger partial charge in [0.1, 0.15) is 5.75 Å². The van der Waals surface area contributed by atoms with Gasteiger partial charge in [0, 0.05) is 10.3 Å². The highest BCUT2D eigenvalue weighted by molar-refractivity contribution is 7.10. The third kappa shape index (κ3) is 3.99. The summed E-state index contributed by atoms with van der Waals surface area (Å²) in [6, 6.07) is 2.01. The van der Waals surface area contributed by atoms with Gasteiger partial charge in [0.05, 0.1) is 12.7 Å². The van der Waals surface area contributed by atoms with Crippen LogP contribution in [0.25, 0.3) is 0 Å². The van der Waals surface area contributed by atoms with Crippen LogP contribution in [0.4, 0.5) is 0 Å². The number of aliphatic hydroxyl groups is 1. The monoisotopic (exact) mass is 268 g/mol. The lowest BCUT2D eigenvalue weighted by atomic mass is 9.90. The van der Waals surface area contributed by atoms with Crippen LogP contribution in [0.1, 0.15) is 62.9 Å². The van der Waals surface area contributed by atoms with Crippen LogP contribution in [0, 0.1) is 5.92 Å². The molecular formula is C15H24O2S. The first-order valence-corrected chi connectivity index (χ1v) is 8.07. The normalized spacial score (nSPS) is 18.8. The van der Waals surface area contributed by atoms with Gasteiger partial charge < -0.3 is 9.84 Å². The van der Waals surface area contributed by atoms with Gasteiger partial charge in [0.15, 0.2) is 0 Å². The van der Waals surface area contributed by atoms with E-state index in [1.165, 1.54) is 32.1 Å². The Labute approximate surface area is 114 Å². The summed E-state index contributed by atoms with van der Waals surface area (Å²) in [6.45, 7) is 2.94. The zero-order valence-corrected chi connectivity index (χ0v) is 12.0. The summed E-state index contributed by atoms with van der Waals surface area (Å²) in [4.78, 5) is 1.04. The molecule has 1 aromatic rings. The molecule has 18 heavy (non-hydrogen) atoms. The summed E-state index contributed by atoms with van der Waals surface area (Å²) < 4.78 is 5.85. The van der Waals surface area contributed by atoms with Gasteiger partial charge in [0.25, 0.3) is 0 Å². The standard InChI is InChI=1S/C15H24O2S/c1-2-6-14(16)15-9-13(11-18-15)17-10-12-7-4-3-5-8-12/h9,11-12,14,16H,2-8,10H2,1H3. The van der Waals surface area contributed by atoms with E-state index in [9.17, 15) is 5.11 Å². The summed E-state index contributed by atoms with van der Waals surface area (Å²) in [6.07, 6.45) is 8.27. The minimum absolute atomic E-state index is 0.313. The van der Waals surface area contributed by atoms with Crippen LogP contribution in [0.15, 0.2) is 11.4 Å². The Balaban J connectivity index is 1.79. The van der Waals surface area contributed by atoms with Crippen molar-refractivity contribution < 1.29 is 9.84 Å². The lowest BCUT2D eigenvalue weighted by molar-refractivity contribution is 0.169. The van der Waals surface area contributed by atoms with Crippen LogP contribution < -0.4 is 4.74 Å². The zero-order valence-electron chi connectivity index (χ0n) is 11.2. The number of rotatable bonds is 6. The second kappa shape index (κ2) is 7.15. The SMILES string of the molecule is CCCC(O)c1cc(OCC2CCCCC2)cs1. The Kier molecular flexibility index (Phi) is 5.51. The quantitative estimate of drug-likeness (QED) is 0.820. The van der Waals surface area contributed by atoms with E-state index in [1.807, 2.05) is 11.4 Å². The molecular weight excluding hydrogens is 244 g/mol. The predicted molar refractivity (Wildman–Crippen MR) is 76.3 cm³/mol. The third-order valence-corrected chi connectivity index (χ3v) is 4.71. The number of aliphatic hydroxyl groups excluding tert-OH is 1. The van der Waals surface area contributed by atoms with E-state index in [1.54, 1.807) is 11.3 Å². The van der Waals surface area contributed by atoms with Crippen molar-refractivity contribution in [2.75, 3.05) is 6.61 Å². The molecule has 1 heterocycles. The average molecular weight is 268 g/mol. The van der Waals surface area contributed by atoms with E-state index in [-0.39, 0.29) is 6.10 Å². The Bertz CT molecular complexity index is 342. The Morgan fingerprint density at radius 2 is 2.17 bits per heavy atom. The first-order chi connectivity index (χ1) is 8.79. The van der Waals surface area contributed by atoms with Crippen molar-refractivity contribution in [1.29, 1.82) is 0 Å². The van der Waals surface area contributed by atoms with Gasteiger partial charge in [-0.2, -0.15) is 0 Å². The van der Waals surface area contributed by atoms with Gasteiger partial charge in [-0.05, 0) is 31.2 Å². The highest BCUT2D eigenvalue weighted by atomic mass is 32.1. The molecule has 0 saturated heterocycles. The van der Waals surface area contributed by atoms with Gasteiger partial charge >= 0.3 is 0 Å². The van der Waals surface area contributed by atoms with E-state index in [2.05, 4.69) is 6.92 Å². The highest BCUT2D eigenvalue weighted by Gasteiger charge is 2.15. The Hall–Kier alpha value is -0.540. The fourth-order valence-electron chi connectivity index (χ4n) is 2.57. The van der Waals surface area contributed by atoms with E-state index in [0.717, 1.165) is 36.0 Å². The molecule has 0 radical (unpaired) electrons. The van der Waals surface area contributed by atoms with Crippen LogP contribution in [-0.4, -0.2) is 11.7 Å². The number of ether oxygens (including phenoxy) is 1. The lowest BCUT2D eigenvalue weighted by Crippen LogP contribution is -2.14. The maximum absolute atomic E-state index is 9.91. The minimum atomic E-state index is -0.313. The number of hydrogen-bond donors (Lipinski definition) is 1. The first-order valence-electron chi connectivity index (χ1n) is 7.19. The van der Waals surface area contributed by atoms with Crippen molar-refractivity contribution in [3.63, 3.8) is 0 Å². The molecule has 0 bridgehead atoms. The molecule has 1 unspecified atom stereocenters. The van der Waals surface area contributed by atoms with Crippen LogP contribution in [0.3, 0.4) is 0 Å². The zero-order chi connectivity index (χ0) is 12.8. The van der Waals surface area contributed by atoms with Crippen molar-refractivity contribution in [2.45, 2.75) is 58.0 Å². The van der Waals surface area contributed by atoms with Crippen molar-refractivity contribution in [2.24, 2.45) is 5.92 Å². The summed E-state index contributed by atoms with van der Waals surface area (Å²) in [5, 5.41) is 11.9. The molecule has 0 aromatic carbocycles. The van der Waals surface area contributed by atoms with Crippen LogP contribution >= 0.6 is 11.3 Å². The summed E-state index contributed by atoms with van der Waals surface area (Å²) >= 11 is 1.61. The second-order valence-electron chi connectivity index (χ2n) is 5.30. The molecule has 102 valence electrons. The lowest BCUT2D eigenvalue weighted by Gasteiger charge is -2.21. The number of hydrogen-bond acceptors (Lipinski definition) is 3. The molecule has 1 saturated carbocycles. The van der Waals surface area contributed by atoms with E-state index in [4.69, 9.17) is 4.74 Å². The molecule has 1 fully saturated rings. The van der Waals surface area contributed by atoms with Crippen molar-refractivity contribution >= 4 is 11.3 Å². The van der Waals surface area contributed by atoms with Crippen molar-refractivity contribution in [1.82, 2.24) is 0 Å². The van der Waals surface area contributed by atoms with E-state index in [0.29, 0.717) is 0 Å².